The minimum atomic E-state index is 0.398. The van der Waals surface area contributed by atoms with Crippen molar-refractivity contribution >= 4 is 16.9 Å². The van der Waals surface area contributed by atoms with E-state index in [0.29, 0.717) is 6.04 Å². The number of nitriles is 1. The van der Waals surface area contributed by atoms with Crippen molar-refractivity contribution in [1.82, 2.24) is 4.90 Å². The molecule has 0 atom stereocenters. The Morgan fingerprint density at radius 3 is 2.50 bits per heavy atom. The summed E-state index contributed by atoms with van der Waals surface area (Å²) in [7, 11) is 0. The molecule has 0 spiro atoms. The van der Waals surface area contributed by atoms with E-state index in [-0.39, 0.29) is 0 Å². The molecule has 0 saturated carbocycles. The van der Waals surface area contributed by atoms with E-state index in [1.165, 1.54) is 11.8 Å². The molecule has 0 N–H and O–H groups in total. The first-order valence-corrected chi connectivity index (χ1v) is 5.17. The van der Waals surface area contributed by atoms with Crippen molar-refractivity contribution < 1.29 is 0 Å². The Kier molecular flexibility index (Phi) is 5.56. The Bertz CT molecular complexity index is 193. The van der Waals surface area contributed by atoms with Gasteiger partial charge in [0, 0.05) is 12.6 Å². The molecule has 0 aromatic carbocycles. The van der Waals surface area contributed by atoms with Crippen molar-refractivity contribution in [2.24, 2.45) is 4.99 Å². The van der Waals surface area contributed by atoms with E-state index in [9.17, 15) is 0 Å². The van der Waals surface area contributed by atoms with Crippen molar-refractivity contribution in [3.05, 3.63) is 0 Å². The van der Waals surface area contributed by atoms with Gasteiger partial charge in [-0.05, 0) is 27.0 Å². The van der Waals surface area contributed by atoms with Gasteiger partial charge in [0.25, 0.3) is 0 Å². The maximum atomic E-state index is 8.42. The fourth-order valence-corrected chi connectivity index (χ4v) is 1.70. The van der Waals surface area contributed by atoms with Crippen LogP contribution in [-0.4, -0.2) is 28.9 Å². The van der Waals surface area contributed by atoms with E-state index in [1.54, 1.807) is 0 Å². The Balaban J connectivity index is 4.47. The summed E-state index contributed by atoms with van der Waals surface area (Å²) < 4.78 is 0. The first kappa shape index (κ1) is 11.3. The zero-order valence-electron chi connectivity index (χ0n) is 8.03. The summed E-state index contributed by atoms with van der Waals surface area (Å²) in [5.74, 6) is 0. The van der Waals surface area contributed by atoms with E-state index in [1.807, 2.05) is 12.4 Å². The molecule has 3 nitrogen and oxygen atoms in total. The fourth-order valence-electron chi connectivity index (χ4n) is 0.991. The van der Waals surface area contributed by atoms with Crippen molar-refractivity contribution in [3.8, 4) is 6.19 Å². The van der Waals surface area contributed by atoms with Crippen LogP contribution < -0.4 is 0 Å². The summed E-state index contributed by atoms with van der Waals surface area (Å²) in [6.07, 6.45) is 3.75. The van der Waals surface area contributed by atoms with Gasteiger partial charge in [0.1, 0.15) is 0 Å². The third-order valence-electron chi connectivity index (χ3n) is 1.54. The van der Waals surface area contributed by atoms with Crippen LogP contribution in [0.15, 0.2) is 4.99 Å². The highest BCUT2D eigenvalue weighted by Gasteiger charge is 2.11. The number of aliphatic imine (C=N–C) groups is 1. The van der Waals surface area contributed by atoms with E-state index < -0.39 is 0 Å². The van der Waals surface area contributed by atoms with Crippen molar-refractivity contribution in [1.29, 1.82) is 5.26 Å². The summed E-state index contributed by atoms with van der Waals surface area (Å²) in [5.41, 5.74) is 0. The summed E-state index contributed by atoms with van der Waals surface area (Å²) >= 11 is 1.51. The molecule has 0 aliphatic rings. The van der Waals surface area contributed by atoms with Gasteiger partial charge in [-0.1, -0.05) is 11.8 Å². The predicted octanol–water partition coefficient (Wildman–Crippen LogP) is 1.92. The highest BCUT2D eigenvalue weighted by molar-refractivity contribution is 8.13. The van der Waals surface area contributed by atoms with E-state index in [4.69, 9.17) is 5.26 Å². The third kappa shape index (κ3) is 3.14. The molecule has 0 aromatic heterocycles. The standard InChI is InChI=1S/C8H15N3S/c1-5-11(7(2)3)8(12-4)10-6-9/h7H,5H2,1-4H3. The van der Waals surface area contributed by atoms with Crippen molar-refractivity contribution in [2.75, 3.05) is 12.8 Å². The lowest BCUT2D eigenvalue weighted by atomic mass is 10.3. The molecule has 0 bridgehead atoms. The summed E-state index contributed by atoms with van der Waals surface area (Å²) in [6, 6.07) is 0.398. The fraction of sp³-hybridized carbons (Fsp3) is 0.750. The zero-order chi connectivity index (χ0) is 9.56. The average Bonchev–Trinajstić information content (AvgIpc) is 2.03. The normalized spacial score (nSPS) is 11.5. The molecule has 12 heavy (non-hydrogen) atoms. The molecule has 0 aliphatic carbocycles. The molecule has 0 unspecified atom stereocenters. The number of hydrogen-bond acceptors (Lipinski definition) is 3. The minimum absolute atomic E-state index is 0.398. The maximum absolute atomic E-state index is 8.42. The Morgan fingerprint density at radius 2 is 2.25 bits per heavy atom. The molecule has 0 fully saturated rings. The van der Waals surface area contributed by atoms with Crippen LogP contribution in [0.4, 0.5) is 0 Å². The summed E-state index contributed by atoms with van der Waals surface area (Å²) in [6.45, 7) is 7.13. The first-order chi connectivity index (χ1) is 5.67. The number of rotatable bonds is 2. The second-order valence-electron chi connectivity index (χ2n) is 2.58. The molecule has 0 aliphatic heterocycles. The molecule has 4 heteroatoms. The second kappa shape index (κ2) is 5.90. The molecule has 0 amide bonds. The van der Waals surface area contributed by atoms with Gasteiger partial charge in [0.15, 0.2) is 5.17 Å². The van der Waals surface area contributed by atoms with Gasteiger partial charge in [0.2, 0.25) is 6.19 Å². The summed E-state index contributed by atoms with van der Waals surface area (Å²) in [5, 5.41) is 9.22. The van der Waals surface area contributed by atoms with Crippen LogP contribution in [0, 0.1) is 11.5 Å². The molecule has 0 aromatic rings. The highest BCUT2D eigenvalue weighted by atomic mass is 32.2. The average molecular weight is 185 g/mol. The Morgan fingerprint density at radius 1 is 1.67 bits per heavy atom. The van der Waals surface area contributed by atoms with Gasteiger partial charge in [-0.15, -0.1) is 4.99 Å². The first-order valence-electron chi connectivity index (χ1n) is 3.94. The predicted molar refractivity (Wildman–Crippen MR) is 54.1 cm³/mol. The van der Waals surface area contributed by atoms with Crippen LogP contribution in [-0.2, 0) is 0 Å². The van der Waals surface area contributed by atoms with Crippen molar-refractivity contribution in [2.45, 2.75) is 26.8 Å². The lowest BCUT2D eigenvalue weighted by Crippen LogP contribution is -2.34. The van der Waals surface area contributed by atoms with Crippen LogP contribution in [0.1, 0.15) is 20.8 Å². The smallest absolute Gasteiger partial charge is 0.208 e. The quantitative estimate of drug-likeness (QED) is 0.375. The van der Waals surface area contributed by atoms with Crippen molar-refractivity contribution in [3.63, 3.8) is 0 Å². The van der Waals surface area contributed by atoms with Crippen LogP contribution in [0.25, 0.3) is 0 Å². The minimum Gasteiger partial charge on any atom is -0.348 e. The van der Waals surface area contributed by atoms with Gasteiger partial charge in [0.05, 0.1) is 0 Å². The molecule has 0 radical (unpaired) electrons. The lowest BCUT2D eigenvalue weighted by molar-refractivity contribution is 0.374. The summed E-state index contributed by atoms with van der Waals surface area (Å²) in [4.78, 5) is 5.84. The highest BCUT2D eigenvalue weighted by Crippen LogP contribution is 2.08. The molecular weight excluding hydrogens is 170 g/mol. The Hall–Kier alpha value is -0.690. The van der Waals surface area contributed by atoms with Crippen LogP contribution in [0.3, 0.4) is 0 Å². The number of amidine groups is 1. The van der Waals surface area contributed by atoms with Gasteiger partial charge < -0.3 is 4.90 Å². The molecular formula is C8H15N3S. The molecule has 0 heterocycles. The molecule has 0 rings (SSSR count). The van der Waals surface area contributed by atoms with E-state index >= 15 is 0 Å². The number of nitrogens with zero attached hydrogens (tertiary/aromatic N) is 3. The van der Waals surface area contributed by atoms with Gasteiger partial charge in [-0.25, -0.2) is 0 Å². The lowest BCUT2D eigenvalue weighted by Gasteiger charge is -2.26. The maximum Gasteiger partial charge on any atom is 0.208 e. The SMILES string of the molecule is CCN(C(=NC#N)SC)C(C)C. The largest absolute Gasteiger partial charge is 0.348 e. The van der Waals surface area contributed by atoms with Gasteiger partial charge in [-0.3, -0.25) is 0 Å². The molecule has 0 saturated heterocycles. The van der Waals surface area contributed by atoms with Crippen LogP contribution in [0.5, 0.6) is 0 Å². The van der Waals surface area contributed by atoms with Gasteiger partial charge in [-0.2, -0.15) is 5.26 Å². The Labute approximate surface area is 78.5 Å². The third-order valence-corrected chi connectivity index (χ3v) is 2.23. The zero-order valence-corrected chi connectivity index (χ0v) is 8.85. The van der Waals surface area contributed by atoms with Crippen LogP contribution in [0.2, 0.25) is 0 Å². The number of thioether (sulfide) groups is 1. The number of hydrogen-bond donors (Lipinski definition) is 0. The van der Waals surface area contributed by atoms with Gasteiger partial charge >= 0.3 is 0 Å². The monoisotopic (exact) mass is 185 g/mol. The van der Waals surface area contributed by atoms with E-state index in [0.717, 1.165) is 11.7 Å². The van der Waals surface area contributed by atoms with Crippen LogP contribution >= 0.6 is 11.8 Å². The topological polar surface area (TPSA) is 39.4 Å². The molecule has 68 valence electrons. The second-order valence-corrected chi connectivity index (χ2v) is 3.35. The van der Waals surface area contributed by atoms with E-state index in [2.05, 4.69) is 30.7 Å².